The third kappa shape index (κ3) is 3.11. The molecule has 0 aliphatic heterocycles. The van der Waals surface area contributed by atoms with Crippen LogP contribution in [0.1, 0.15) is 25.7 Å². The van der Waals surface area contributed by atoms with Gasteiger partial charge < -0.3 is 10.4 Å². The Hall–Kier alpha value is -1.33. The first-order chi connectivity index (χ1) is 8.56. The van der Waals surface area contributed by atoms with Crippen LogP contribution < -0.4 is 5.32 Å². The predicted octanol–water partition coefficient (Wildman–Crippen LogP) is 2.96. The Morgan fingerprint density at radius 1 is 1.33 bits per heavy atom. The van der Waals surface area contributed by atoms with Gasteiger partial charge in [-0.3, -0.25) is 10.1 Å². The highest BCUT2D eigenvalue weighted by atomic mass is 35.5. The van der Waals surface area contributed by atoms with E-state index in [-0.39, 0.29) is 22.9 Å². The maximum Gasteiger partial charge on any atom is 0.289 e. The molecule has 1 aromatic rings. The van der Waals surface area contributed by atoms with Gasteiger partial charge in [0.15, 0.2) is 0 Å². The highest BCUT2D eigenvalue weighted by Gasteiger charge is 2.20. The molecule has 6 heteroatoms. The SMILES string of the molecule is O=[N+]([O-])c1cc(NC2CCC(O)CC2)ccc1Cl. The van der Waals surface area contributed by atoms with Crippen LogP contribution in [0, 0.1) is 10.1 Å². The summed E-state index contributed by atoms with van der Waals surface area (Å²) < 4.78 is 0. The summed E-state index contributed by atoms with van der Waals surface area (Å²) in [5.74, 6) is 0. The van der Waals surface area contributed by atoms with E-state index in [0.717, 1.165) is 25.7 Å². The van der Waals surface area contributed by atoms with Crippen molar-refractivity contribution in [3.63, 3.8) is 0 Å². The Labute approximate surface area is 110 Å². The van der Waals surface area contributed by atoms with Gasteiger partial charge >= 0.3 is 0 Å². The van der Waals surface area contributed by atoms with E-state index in [1.54, 1.807) is 6.07 Å². The zero-order valence-corrected chi connectivity index (χ0v) is 10.6. The number of nitro benzene ring substituents is 1. The molecule has 1 aliphatic carbocycles. The molecule has 1 aliphatic rings. The first-order valence-electron chi connectivity index (χ1n) is 5.95. The number of rotatable bonds is 3. The molecule has 0 saturated heterocycles. The Balaban J connectivity index is 2.05. The number of hydrogen-bond donors (Lipinski definition) is 2. The zero-order valence-electron chi connectivity index (χ0n) is 9.80. The summed E-state index contributed by atoms with van der Waals surface area (Å²) in [6.45, 7) is 0. The Morgan fingerprint density at radius 3 is 2.61 bits per heavy atom. The van der Waals surface area contributed by atoms with Crippen LogP contribution >= 0.6 is 11.6 Å². The summed E-state index contributed by atoms with van der Waals surface area (Å²) in [5.41, 5.74) is 0.616. The molecule has 0 radical (unpaired) electrons. The monoisotopic (exact) mass is 270 g/mol. The summed E-state index contributed by atoms with van der Waals surface area (Å²) in [7, 11) is 0. The van der Waals surface area contributed by atoms with Crippen LogP contribution in [0.3, 0.4) is 0 Å². The van der Waals surface area contributed by atoms with Gasteiger partial charge in [-0.15, -0.1) is 0 Å². The lowest BCUT2D eigenvalue weighted by molar-refractivity contribution is -0.384. The van der Waals surface area contributed by atoms with Crippen molar-refractivity contribution in [3.8, 4) is 0 Å². The van der Waals surface area contributed by atoms with Gasteiger partial charge in [-0.1, -0.05) is 11.6 Å². The van der Waals surface area contributed by atoms with Gasteiger partial charge in [-0.2, -0.15) is 0 Å². The van der Waals surface area contributed by atoms with Gasteiger partial charge in [0.25, 0.3) is 5.69 Å². The molecule has 5 nitrogen and oxygen atoms in total. The third-order valence-corrected chi connectivity index (χ3v) is 3.53. The smallest absolute Gasteiger partial charge is 0.289 e. The first-order valence-corrected chi connectivity index (χ1v) is 6.32. The van der Waals surface area contributed by atoms with Crippen LogP contribution in [0.4, 0.5) is 11.4 Å². The maximum atomic E-state index is 10.8. The molecule has 98 valence electrons. The van der Waals surface area contributed by atoms with Gasteiger partial charge in [0.1, 0.15) is 5.02 Å². The van der Waals surface area contributed by atoms with E-state index < -0.39 is 4.92 Å². The highest BCUT2D eigenvalue weighted by molar-refractivity contribution is 6.32. The van der Waals surface area contributed by atoms with Crippen LogP contribution in [-0.4, -0.2) is 22.2 Å². The minimum atomic E-state index is -0.488. The van der Waals surface area contributed by atoms with E-state index in [2.05, 4.69) is 5.32 Å². The summed E-state index contributed by atoms with van der Waals surface area (Å²) in [5, 5.41) is 23.6. The van der Waals surface area contributed by atoms with Crippen LogP contribution in [0.15, 0.2) is 18.2 Å². The third-order valence-electron chi connectivity index (χ3n) is 3.21. The first kappa shape index (κ1) is 13.1. The minimum Gasteiger partial charge on any atom is -0.393 e. The van der Waals surface area contributed by atoms with E-state index in [4.69, 9.17) is 11.6 Å². The fourth-order valence-corrected chi connectivity index (χ4v) is 2.38. The molecule has 18 heavy (non-hydrogen) atoms. The predicted molar refractivity (Wildman–Crippen MR) is 70.0 cm³/mol. The second kappa shape index (κ2) is 5.54. The van der Waals surface area contributed by atoms with E-state index in [0.29, 0.717) is 5.69 Å². The minimum absolute atomic E-state index is 0.0856. The van der Waals surface area contributed by atoms with Crippen molar-refractivity contribution < 1.29 is 10.0 Å². The average Bonchev–Trinajstić information content (AvgIpc) is 2.34. The second-order valence-corrected chi connectivity index (χ2v) is 4.98. The quantitative estimate of drug-likeness (QED) is 0.654. The van der Waals surface area contributed by atoms with Gasteiger partial charge in [-0.05, 0) is 37.8 Å². The molecule has 0 atom stereocenters. The highest BCUT2D eigenvalue weighted by Crippen LogP contribution is 2.29. The Bertz CT molecular complexity index is 445. The zero-order chi connectivity index (χ0) is 13.1. The fourth-order valence-electron chi connectivity index (χ4n) is 2.20. The normalized spacial score (nSPS) is 23.7. The number of benzene rings is 1. The second-order valence-electron chi connectivity index (χ2n) is 4.57. The van der Waals surface area contributed by atoms with E-state index in [1.807, 2.05) is 0 Å². The number of nitrogens with zero attached hydrogens (tertiary/aromatic N) is 1. The number of aliphatic hydroxyl groups is 1. The molecule has 0 aromatic heterocycles. The standard InChI is InChI=1S/C12H15ClN2O3/c13-11-6-3-9(7-12(11)15(17)18)14-8-1-4-10(16)5-2-8/h3,6-8,10,14,16H,1-2,4-5H2. The molecular weight excluding hydrogens is 256 g/mol. The lowest BCUT2D eigenvalue weighted by atomic mass is 9.93. The molecule has 1 saturated carbocycles. The van der Waals surface area contributed by atoms with Crippen molar-refractivity contribution >= 4 is 23.0 Å². The van der Waals surface area contributed by atoms with Crippen molar-refractivity contribution in [2.45, 2.75) is 37.8 Å². The van der Waals surface area contributed by atoms with E-state index in [9.17, 15) is 15.2 Å². The van der Waals surface area contributed by atoms with Crippen molar-refractivity contribution in [2.24, 2.45) is 0 Å². The molecule has 1 aromatic carbocycles. The number of aliphatic hydroxyl groups excluding tert-OH is 1. The molecule has 2 rings (SSSR count). The summed E-state index contributed by atoms with van der Waals surface area (Å²) >= 11 is 5.75. The average molecular weight is 271 g/mol. The topological polar surface area (TPSA) is 75.4 Å². The van der Waals surface area contributed by atoms with Crippen molar-refractivity contribution in [3.05, 3.63) is 33.3 Å². The Morgan fingerprint density at radius 2 is 2.00 bits per heavy atom. The van der Waals surface area contributed by atoms with Crippen LogP contribution in [0.5, 0.6) is 0 Å². The van der Waals surface area contributed by atoms with Crippen molar-refractivity contribution in [1.29, 1.82) is 0 Å². The van der Waals surface area contributed by atoms with E-state index >= 15 is 0 Å². The molecule has 0 spiro atoms. The van der Waals surface area contributed by atoms with Crippen LogP contribution in [0.25, 0.3) is 0 Å². The lowest BCUT2D eigenvalue weighted by Gasteiger charge is -2.26. The lowest BCUT2D eigenvalue weighted by Crippen LogP contribution is -2.28. The molecule has 0 unspecified atom stereocenters. The van der Waals surface area contributed by atoms with Crippen molar-refractivity contribution in [2.75, 3.05) is 5.32 Å². The van der Waals surface area contributed by atoms with Crippen LogP contribution in [0.2, 0.25) is 5.02 Å². The van der Waals surface area contributed by atoms with Gasteiger partial charge in [0.05, 0.1) is 11.0 Å². The van der Waals surface area contributed by atoms with Gasteiger partial charge in [0.2, 0.25) is 0 Å². The number of halogens is 1. The summed E-state index contributed by atoms with van der Waals surface area (Å²) in [4.78, 5) is 10.3. The molecule has 0 bridgehead atoms. The largest absolute Gasteiger partial charge is 0.393 e. The molecule has 0 amide bonds. The van der Waals surface area contributed by atoms with Gasteiger partial charge in [-0.25, -0.2) is 0 Å². The summed E-state index contributed by atoms with van der Waals surface area (Å²) in [6, 6.07) is 4.97. The molecule has 0 heterocycles. The maximum absolute atomic E-state index is 10.8. The Kier molecular flexibility index (Phi) is 4.04. The van der Waals surface area contributed by atoms with Gasteiger partial charge in [0, 0.05) is 17.8 Å². The fraction of sp³-hybridized carbons (Fsp3) is 0.500. The molecular formula is C12H15ClN2O3. The summed E-state index contributed by atoms with van der Waals surface area (Å²) in [6.07, 6.45) is 3.08. The number of nitrogens with one attached hydrogen (secondary N) is 1. The van der Waals surface area contributed by atoms with Crippen molar-refractivity contribution in [1.82, 2.24) is 0 Å². The van der Waals surface area contributed by atoms with E-state index in [1.165, 1.54) is 12.1 Å². The number of anilines is 1. The number of nitro groups is 1. The number of hydrogen-bond acceptors (Lipinski definition) is 4. The van der Waals surface area contributed by atoms with Crippen LogP contribution in [-0.2, 0) is 0 Å². The molecule has 1 fully saturated rings. The molecule has 2 N–H and O–H groups in total.